The summed E-state index contributed by atoms with van der Waals surface area (Å²) < 4.78 is 43.2. The Bertz CT molecular complexity index is 704. The Kier molecular flexibility index (Phi) is 7.43. The number of aliphatic hydroxyl groups is 1. The van der Waals surface area contributed by atoms with E-state index in [1.165, 1.54) is 0 Å². The van der Waals surface area contributed by atoms with Gasteiger partial charge in [0.1, 0.15) is 24.9 Å². The van der Waals surface area contributed by atoms with Crippen molar-refractivity contribution in [1.29, 1.82) is 0 Å². The normalized spacial score (nSPS) is 27.2. The molecule has 28 heavy (non-hydrogen) atoms. The molecular formula is C20H22F2O6. The van der Waals surface area contributed by atoms with Gasteiger partial charge >= 0.3 is 0 Å². The maximum absolute atomic E-state index is 13.5. The Hall–Kier alpha value is -1.94. The van der Waals surface area contributed by atoms with E-state index in [-0.39, 0.29) is 13.2 Å². The van der Waals surface area contributed by atoms with E-state index in [4.69, 9.17) is 14.2 Å². The van der Waals surface area contributed by atoms with Gasteiger partial charge in [-0.3, -0.25) is 0 Å². The lowest BCUT2D eigenvalue weighted by molar-refractivity contribution is -0.391. The summed E-state index contributed by atoms with van der Waals surface area (Å²) in [6.45, 7) is -1.14. The van der Waals surface area contributed by atoms with Gasteiger partial charge in [-0.1, -0.05) is 60.7 Å². The molecule has 0 saturated carbocycles. The molecule has 0 aromatic heterocycles. The molecule has 1 fully saturated rings. The summed E-state index contributed by atoms with van der Waals surface area (Å²) in [4.78, 5) is 7.55. The second-order valence-corrected chi connectivity index (χ2v) is 6.46. The zero-order valence-electron chi connectivity index (χ0n) is 15.1. The molecule has 0 aliphatic carbocycles. The number of benzene rings is 2. The number of aliphatic hydroxyl groups excluding tert-OH is 1. The van der Waals surface area contributed by atoms with Gasteiger partial charge in [0.15, 0.2) is 0 Å². The third-order valence-electron chi connectivity index (χ3n) is 4.57. The molecule has 8 heteroatoms. The van der Waals surface area contributed by atoms with Gasteiger partial charge in [0.25, 0.3) is 5.79 Å². The quantitative estimate of drug-likeness (QED) is 0.666. The van der Waals surface area contributed by atoms with E-state index >= 15 is 0 Å². The molecule has 0 spiro atoms. The number of hydrogen-bond acceptors (Lipinski definition) is 6. The highest BCUT2D eigenvalue weighted by Crippen LogP contribution is 2.38. The first kappa shape index (κ1) is 20.8. The van der Waals surface area contributed by atoms with Crippen molar-refractivity contribution >= 4 is 0 Å². The van der Waals surface area contributed by atoms with Gasteiger partial charge in [0, 0.05) is 0 Å². The van der Waals surface area contributed by atoms with Crippen LogP contribution in [0, 0.1) is 0 Å². The highest BCUT2D eigenvalue weighted by molar-refractivity contribution is 5.15. The van der Waals surface area contributed by atoms with Crippen LogP contribution in [-0.2, 0) is 37.3 Å². The zero-order valence-corrected chi connectivity index (χ0v) is 15.1. The molecule has 1 aliphatic rings. The smallest absolute Gasteiger partial charge is 0.263 e. The third-order valence-corrected chi connectivity index (χ3v) is 4.57. The first-order valence-corrected chi connectivity index (χ1v) is 8.85. The van der Waals surface area contributed by atoms with Gasteiger partial charge in [-0.25, -0.2) is 0 Å². The van der Waals surface area contributed by atoms with Gasteiger partial charge in [-0.15, -0.1) is 0 Å². The Morgan fingerprint density at radius 2 is 1.46 bits per heavy atom. The van der Waals surface area contributed by atoms with Crippen LogP contribution >= 0.6 is 0 Å². The highest BCUT2D eigenvalue weighted by atomic mass is 19.3. The van der Waals surface area contributed by atoms with E-state index in [0.29, 0.717) is 0 Å². The maximum atomic E-state index is 13.5. The average Bonchev–Trinajstić information content (AvgIpc) is 3.05. The predicted molar refractivity (Wildman–Crippen MR) is 94.0 cm³/mol. The highest BCUT2D eigenvalue weighted by Gasteiger charge is 2.59. The lowest BCUT2D eigenvalue weighted by atomic mass is 10.0. The fourth-order valence-corrected chi connectivity index (χ4v) is 3.20. The van der Waals surface area contributed by atoms with Crippen molar-refractivity contribution in [1.82, 2.24) is 0 Å². The van der Waals surface area contributed by atoms with E-state index in [0.717, 1.165) is 11.1 Å². The lowest BCUT2D eigenvalue weighted by Crippen LogP contribution is -2.49. The summed E-state index contributed by atoms with van der Waals surface area (Å²) in [6, 6.07) is 18.4. The van der Waals surface area contributed by atoms with Crippen molar-refractivity contribution in [3.05, 3.63) is 71.8 Å². The van der Waals surface area contributed by atoms with E-state index < -0.39 is 37.3 Å². The van der Waals surface area contributed by atoms with Crippen LogP contribution in [0.25, 0.3) is 0 Å². The standard InChI is InChI=1S/C20H22F2O6/c21-26-14-20(28-22)19(25-13-16-9-5-2-6-10-16)18(17(11-23)27-20)24-12-15-7-3-1-4-8-15/h1-10,17-19,23H,11-14H2/t17-,18-,19+,20?/m1/s1. The summed E-state index contributed by atoms with van der Waals surface area (Å²) in [7, 11) is 0. The molecule has 152 valence electrons. The first-order valence-electron chi connectivity index (χ1n) is 8.85. The van der Waals surface area contributed by atoms with Crippen LogP contribution in [0.15, 0.2) is 60.7 Å². The summed E-state index contributed by atoms with van der Waals surface area (Å²) >= 11 is 0. The van der Waals surface area contributed by atoms with Crippen LogP contribution in [0.4, 0.5) is 9.05 Å². The van der Waals surface area contributed by atoms with Crippen molar-refractivity contribution < 1.29 is 38.3 Å². The molecule has 6 nitrogen and oxygen atoms in total. The molecule has 0 amide bonds. The fourth-order valence-electron chi connectivity index (χ4n) is 3.20. The van der Waals surface area contributed by atoms with Crippen LogP contribution in [-0.4, -0.2) is 42.4 Å². The van der Waals surface area contributed by atoms with E-state index in [1.54, 1.807) is 0 Å². The second-order valence-electron chi connectivity index (χ2n) is 6.46. The predicted octanol–water partition coefficient (Wildman–Crippen LogP) is 3.05. The molecule has 1 N–H and O–H groups in total. The molecule has 2 aromatic carbocycles. The van der Waals surface area contributed by atoms with Gasteiger partial charge in [0.2, 0.25) is 0 Å². The second kappa shape index (κ2) is 10.0. The molecule has 2 aromatic rings. The summed E-state index contributed by atoms with van der Waals surface area (Å²) in [5.41, 5.74) is 1.67. The van der Waals surface area contributed by atoms with Gasteiger partial charge in [0.05, 0.1) is 19.8 Å². The zero-order chi connectivity index (χ0) is 19.8. The Balaban J connectivity index is 1.79. The largest absolute Gasteiger partial charge is 0.394 e. The molecule has 0 radical (unpaired) electrons. The summed E-state index contributed by atoms with van der Waals surface area (Å²) in [5, 5.41) is 9.66. The Labute approximate surface area is 161 Å². The van der Waals surface area contributed by atoms with E-state index in [2.05, 4.69) is 9.88 Å². The topological polar surface area (TPSA) is 66.4 Å². The molecule has 1 aliphatic heterocycles. The van der Waals surface area contributed by atoms with Crippen molar-refractivity contribution in [3.63, 3.8) is 0 Å². The fraction of sp³-hybridized carbons (Fsp3) is 0.400. The molecule has 1 heterocycles. The minimum atomic E-state index is -2.20. The van der Waals surface area contributed by atoms with Gasteiger partial charge in [-0.05, 0) is 20.2 Å². The van der Waals surface area contributed by atoms with Gasteiger partial charge < -0.3 is 19.3 Å². The minimum absolute atomic E-state index is 0.0790. The Morgan fingerprint density at radius 3 is 1.96 bits per heavy atom. The molecular weight excluding hydrogens is 374 g/mol. The van der Waals surface area contributed by atoms with Crippen molar-refractivity contribution in [3.8, 4) is 0 Å². The number of halogens is 2. The van der Waals surface area contributed by atoms with Crippen LogP contribution < -0.4 is 0 Å². The van der Waals surface area contributed by atoms with Crippen LogP contribution in [0.3, 0.4) is 0 Å². The number of ether oxygens (including phenoxy) is 3. The maximum Gasteiger partial charge on any atom is 0.263 e. The number of rotatable bonds is 10. The van der Waals surface area contributed by atoms with Crippen LogP contribution in [0.1, 0.15) is 11.1 Å². The first-order chi connectivity index (χ1) is 13.7. The Morgan fingerprint density at radius 1 is 0.893 bits per heavy atom. The van der Waals surface area contributed by atoms with E-state index in [9.17, 15) is 14.2 Å². The van der Waals surface area contributed by atoms with Crippen molar-refractivity contribution in [2.45, 2.75) is 37.3 Å². The lowest BCUT2D eigenvalue weighted by Gasteiger charge is -2.29. The van der Waals surface area contributed by atoms with Crippen LogP contribution in [0.5, 0.6) is 0 Å². The molecule has 1 unspecified atom stereocenters. The molecule has 1 saturated heterocycles. The average molecular weight is 396 g/mol. The SMILES string of the molecule is OC[C@H]1OC(COF)(OF)[C@@H](OCc2ccccc2)[C@@H]1OCc1ccccc1. The number of hydrogen-bond donors (Lipinski definition) is 1. The molecule has 3 rings (SSSR count). The summed E-state index contributed by atoms with van der Waals surface area (Å²) in [6.07, 6.45) is -3.09. The third kappa shape index (κ3) is 4.72. The molecule has 4 atom stereocenters. The van der Waals surface area contributed by atoms with Gasteiger partial charge in [-0.2, -0.15) is 9.88 Å². The van der Waals surface area contributed by atoms with Crippen molar-refractivity contribution in [2.75, 3.05) is 13.2 Å². The summed E-state index contributed by atoms with van der Waals surface area (Å²) in [5.74, 6) is -2.20. The van der Waals surface area contributed by atoms with Crippen molar-refractivity contribution in [2.24, 2.45) is 0 Å². The minimum Gasteiger partial charge on any atom is -0.394 e. The molecule has 0 bridgehead atoms. The monoisotopic (exact) mass is 396 g/mol. The van der Waals surface area contributed by atoms with E-state index in [1.807, 2.05) is 60.7 Å². The van der Waals surface area contributed by atoms with Crippen LogP contribution in [0.2, 0.25) is 0 Å².